The highest BCUT2D eigenvalue weighted by molar-refractivity contribution is 7.80. The van der Waals surface area contributed by atoms with Gasteiger partial charge in [0.05, 0.1) is 10.4 Å². The Balaban J connectivity index is 2.64. The number of nitrogens with zero attached hydrogens (tertiary/aromatic N) is 1. The van der Waals surface area contributed by atoms with Crippen LogP contribution in [-0.4, -0.2) is 10.1 Å². The first-order valence-electron chi connectivity index (χ1n) is 4.86. The van der Waals surface area contributed by atoms with E-state index in [0.29, 0.717) is 4.88 Å². The van der Waals surface area contributed by atoms with E-state index in [-0.39, 0.29) is 21.3 Å². The van der Waals surface area contributed by atoms with E-state index >= 15 is 0 Å². The predicted octanol–water partition coefficient (Wildman–Crippen LogP) is 4.13. The van der Waals surface area contributed by atoms with E-state index in [0.717, 1.165) is 17.4 Å². The molecule has 0 aliphatic rings. The van der Waals surface area contributed by atoms with Gasteiger partial charge in [-0.1, -0.05) is 6.07 Å². The van der Waals surface area contributed by atoms with Crippen molar-refractivity contribution < 1.29 is 18.3 Å². The summed E-state index contributed by atoms with van der Waals surface area (Å²) in [6, 6.07) is 3.72. The summed E-state index contributed by atoms with van der Waals surface area (Å²) in [7, 11) is 0. The Kier molecular flexibility index (Phi) is 3.29. The van der Waals surface area contributed by atoms with Crippen molar-refractivity contribution in [2.75, 3.05) is 0 Å². The smallest absolute Gasteiger partial charge is 0.417 e. The maximum absolute atomic E-state index is 12.9. The first-order valence-corrected chi connectivity index (χ1v) is 6.12. The van der Waals surface area contributed by atoms with Crippen molar-refractivity contribution in [3.8, 4) is 16.5 Å². The van der Waals surface area contributed by atoms with Gasteiger partial charge in [-0.25, -0.2) is 4.98 Å². The molecule has 1 aromatic carbocycles. The second kappa shape index (κ2) is 4.47. The number of halogens is 3. The quantitative estimate of drug-likeness (QED) is 0.774. The van der Waals surface area contributed by atoms with Gasteiger partial charge in [0.25, 0.3) is 0 Å². The minimum atomic E-state index is -4.48. The minimum Gasteiger partial charge on any atom is -0.492 e. The molecule has 0 aliphatic carbocycles. The van der Waals surface area contributed by atoms with Gasteiger partial charge in [0, 0.05) is 10.5 Å². The maximum atomic E-state index is 12.9. The third-order valence-corrected chi connectivity index (χ3v) is 3.58. The third-order valence-electron chi connectivity index (χ3n) is 2.31. The number of rotatable bonds is 1. The Morgan fingerprint density at radius 1 is 1.33 bits per heavy atom. The van der Waals surface area contributed by atoms with Crippen LogP contribution in [0.4, 0.5) is 13.2 Å². The van der Waals surface area contributed by atoms with Gasteiger partial charge in [-0.15, -0.1) is 24.0 Å². The Bertz CT molecular complexity index is 573. The SMILES string of the molecule is Cc1sc(-c2ccc(S)cc2C(F)(F)F)nc1O. The van der Waals surface area contributed by atoms with Crippen LogP contribution >= 0.6 is 24.0 Å². The zero-order valence-corrected chi connectivity index (χ0v) is 10.8. The summed E-state index contributed by atoms with van der Waals surface area (Å²) < 4.78 is 38.7. The number of hydrogen-bond acceptors (Lipinski definition) is 4. The van der Waals surface area contributed by atoms with Crippen LogP contribution in [0.3, 0.4) is 0 Å². The second-order valence-corrected chi connectivity index (χ2v) is 5.35. The molecular formula is C11H8F3NOS2. The number of aromatic hydroxyl groups is 1. The molecule has 0 unspecified atom stereocenters. The molecule has 0 saturated heterocycles. The van der Waals surface area contributed by atoms with E-state index in [1.54, 1.807) is 6.92 Å². The number of thiazole rings is 1. The number of hydrogen-bond donors (Lipinski definition) is 2. The van der Waals surface area contributed by atoms with Crippen LogP contribution in [0.25, 0.3) is 10.6 Å². The summed E-state index contributed by atoms with van der Waals surface area (Å²) in [5.74, 6) is -0.238. The van der Waals surface area contributed by atoms with Crippen LogP contribution in [0.5, 0.6) is 5.88 Å². The van der Waals surface area contributed by atoms with E-state index in [4.69, 9.17) is 0 Å². The molecule has 2 nitrogen and oxygen atoms in total. The molecule has 0 atom stereocenters. The van der Waals surface area contributed by atoms with Crippen molar-refractivity contribution in [3.05, 3.63) is 28.6 Å². The molecule has 0 saturated carbocycles. The van der Waals surface area contributed by atoms with Crippen LogP contribution < -0.4 is 0 Å². The molecule has 1 N–H and O–H groups in total. The fraction of sp³-hybridized carbons (Fsp3) is 0.182. The molecule has 2 aromatic rings. The fourth-order valence-corrected chi connectivity index (χ4v) is 2.51. The minimum absolute atomic E-state index is 0.0475. The van der Waals surface area contributed by atoms with Crippen molar-refractivity contribution in [1.82, 2.24) is 4.98 Å². The highest BCUT2D eigenvalue weighted by Crippen LogP contribution is 2.40. The normalized spacial score (nSPS) is 11.8. The van der Waals surface area contributed by atoms with Gasteiger partial charge in [0.15, 0.2) is 0 Å². The van der Waals surface area contributed by atoms with Crippen molar-refractivity contribution in [2.45, 2.75) is 18.0 Å². The molecule has 0 amide bonds. The monoisotopic (exact) mass is 291 g/mol. The van der Waals surface area contributed by atoms with Crippen molar-refractivity contribution in [3.63, 3.8) is 0 Å². The molecule has 0 spiro atoms. The van der Waals surface area contributed by atoms with Crippen LogP contribution in [0.15, 0.2) is 23.1 Å². The second-order valence-electron chi connectivity index (χ2n) is 3.63. The zero-order valence-electron chi connectivity index (χ0n) is 9.12. The highest BCUT2D eigenvalue weighted by Gasteiger charge is 2.34. The number of aryl methyl sites for hydroxylation is 1. The predicted molar refractivity (Wildman–Crippen MR) is 66.2 cm³/mol. The summed E-state index contributed by atoms with van der Waals surface area (Å²) in [5, 5.41) is 9.50. The molecule has 96 valence electrons. The summed E-state index contributed by atoms with van der Waals surface area (Å²) in [4.78, 5) is 4.44. The summed E-state index contributed by atoms with van der Waals surface area (Å²) >= 11 is 4.92. The third kappa shape index (κ3) is 2.46. The lowest BCUT2D eigenvalue weighted by Gasteiger charge is -2.11. The van der Waals surface area contributed by atoms with Gasteiger partial charge in [-0.2, -0.15) is 13.2 Å². The Hall–Kier alpha value is -1.21. The van der Waals surface area contributed by atoms with Crippen LogP contribution in [0.2, 0.25) is 0 Å². The maximum Gasteiger partial charge on any atom is 0.417 e. The average Bonchev–Trinajstić information content (AvgIpc) is 2.57. The number of benzene rings is 1. The van der Waals surface area contributed by atoms with E-state index in [2.05, 4.69) is 17.6 Å². The molecule has 18 heavy (non-hydrogen) atoms. The topological polar surface area (TPSA) is 33.1 Å². The van der Waals surface area contributed by atoms with Crippen molar-refractivity contribution >= 4 is 24.0 Å². The summed E-state index contributed by atoms with van der Waals surface area (Å²) in [6.07, 6.45) is -4.48. The standard InChI is InChI=1S/C11H8F3NOS2/c1-5-9(16)15-10(18-5)7-3-2-6(17)4-8(7)11(12,13)14/h2-4,16-17H,1H3. The fourth-order valence-electron chi connectivity index (χ4n) is 1.46. The highest BCUT2D eigenvalue weighted by atomic mass is 32.1. The van der Waals surface area contributed by atoms with Crippen LogP contribution in [0.1, 0.15) is 10.4 Å². The van der Waals surface area contributed by atoms with Crippen LogP contribution in [-0.2, 0) is 6.18 Å². The molecule has 1 heterocycles. The van der Waals surface area contributed by atoms with Crippen LogP contribution in [0, 0.1) is 6.92 Å². The largest absolute Gasteiger partial charge is 0.492 e. The molecule has 0 fully saturated rings. The first kappa shape index (κ1) is 13.2. The van der Waals surface area contributed by atoms with E-state index < -0.39 is 11.7 Å². The first-order chi connectivity index (χ1) is 8.29. The van der Waals surface area contributed by atoms with E-state index in [1.807, 2.05) is 0 Å². The zero-order chi connectivity index (χ0) is 13.5. The lowest BCUT2D eigenvalue weighted by molar-refractivity contribution is -0.137. The number of thiol groups is 1. The molecular weight excluding hydrogens is 283 g/mol. The van der Waals surface area contributed by atoms with Crippen molar-refractivity contribution in [1.29, 1.82) is 0 Å². The molecule has 7 heteroatoms. The number of aromatic nitrogens is 1. The molecule has 0 radical (unpaired) electrons. The molecule has 1 aromatic heterocycles. The van der Waals surface area contributed by atoms with Gasteiger partial charge in [-0.3, -0.25) is 0 Å². The Morgan fingerprint density at radius 3 is 2.50 bits per heavy atom. The van der Waals surface area contributed by atoms with Gasteiger partial charge >= 0.3 is 6.18 Å². The van der Waals surface area contributed by atoms with Gasteiger partial charge in [0.2, 0.25) is 5.88 Å². The van der Waals surface area contributed by atoms with Gasteiger partial charge in [-0.05, 0) is 19.1 Å². The number of alkyl halides is 3. The van der Waals surface area contributed by atoms with Gasteiger partial charge in [0.1, 0.15) is 5.01 Å². The summed E-state index contributed by atoms with van der Waals surface area (Å²) in [6.45, 7) is 1.59. The average molecular weight is 291 g/mol. The lowest BCUT2D eigenvalue weighted by atomic mass is 10.1. The summed E-state index contributed by atoms with van der Waals surface area (Å²) in [5.41, 5.74) is -0.850. The lowest BCUT2D eigenvalue weighted by Crippen LogP contribution is -2.07. The molecule has 0 bridgehead atoms. The van der Waals surface area contributed by atoms with Crippen molar-refractivity contribution in [2.24, 2.45) is 0 Å². The molecule has 0 aliphatic heterocycles. The van der Waals surface area contributed by atoms with E-state index in [1.165, 1.54) is 12.1 Å². The molecule has 2 rings (SSSR count). The van der Waals surface area contributed by atoms with Gasteiger partial charge < -0.3 is 5.11 Å². The van der Waals surface area contributed by atoms with E-state index in [9.17, 15) is 18.3 Å². The Morgan fingerprint density at radius 2 is 2.00 bits per heavy atom. The Labute approximate surface area is 111 Å².